The predicted octanol–water partition coefficient (Wildman–Crippen LogP) is 3.41. The molecule has 0 bridgehead atoms. The molecule has 0 aromatic heterocycles. The maximum absolute atomic E-state index is 4.25. The van der Waals surface area contributed by atoms with Crippen molar-refractivity contribution in [2.75, 3.05) is 25.9 Å². The van der Waals surface area contributed by atoms with Crippen molar-refractivity contribution in [3.05, 3.63) is 34.4 Å². The van der Waals surface area contributed by atoms with Crippen LogP contribution in [0.1, 0.15) is 28.7 Å². The van der Waals surface area contributed by atoms with E-state index in [1.165, 1.54) is 28.7 Å². The summed E-state index contributed by atoms with van der Waals surface area (Å²) in [6.45, 7) is 8.88. The molecule has 0 saturated carbocycles. The number of hydrogen-bond acceptors (Lipinski definition) is 2. The average Bonchev–Trinajstić information content (AvgIpc) is 2.29. The highest BCUT2D eigenvalue weighted by molar-refractivity contribution is 7.80. The van der Waals surface area contributed by atoms with E-state index >= 15 is 0 Å². The molecule has 2 heteroatoms. The fraction of sp³-hybridized carbons (Fsp3) is 0.600. The van der Waals surface area contributed by atoms with Crippen LogP contribution < -0.4 is 0 Å². The molecule has 1 nitrogen and oxygen atoms in total. The summed E-state index contributed by atoms with van der Waals surface area (Å²) in [5.74, 6) is 0.979. The predicted molar refractivity (Wildman–Crippen MR) is 80.3 cm³/mol. The molecule has 0 radical (unpaired) electrons. The Morgan fingerprint density at radius 2 is 1.65 bits per heavy atom. The molecule has 0 atom stereocenters. The molecule has 0 fully saturated rings. The van der Waals surface area contributed by atoms with E-state index in [4.69, 9.17) is 0 Å². The Morgan fingerprint density at radius 1 is 1.00 bits per heavy atom. The van der Waals surface area contributed by atoms with Crippen LogP contribution >= 0.6 is 12.6 Å². The van der Waals surface area contributed by atoms with Crippen LogP contribution in [0.15, 0.2) is 12.1 Å². The first-order chi connectivity index (χ1) is 8.04. The number of rotatable bonds is 6. The van der Waals surface area contributed by atoms with E-state index in [1.807, 2.05) is 0 Å². The van der Waals surface area contributed by atoms with Crippen LogP contribution in [0.4, 0.5) is 0 Å². The fourth-order valence-electron chi connectivity index (χ4n) is 2.05. The Bertz CT molecular complexity index is 360. The molecular formula is C15H25NS. The summed E-state index contributed by atoms with van der Waals surface area (Å²) in [5.41, 5.74) is 5.72. The molecule has 1 aromatic carbocycles. The highest BCUT2D eigenvalue weighted by atomic mass is 32.1. The molecule has 1 rings (SSSR count). The molecule has 0 spiro atoms. The van der Waals surface area contributed by atoms with Gasteiger partial charge in [0.1, 0.15) is 0 Å². The zero-order valence-electron chi connectivity index (χ0n) is 11.6. The van der Waals surface area contributed by atoms with E-state index in [9.17, 15) is 0 Å². The normalized spacial score (nSPS) is 11.2. The van der Waals surface area contributed by atoms with E-state index < -0.39 is 0 Å². The summed E-state index contributed by atoms with van der Waals surface area (Å²) >= 11 is 4.25. The maximum atomic E-state index is 4.25. The highest BCUT2D eigenvalue weighted by Crippen LogP contribution is 2.16. The first kappa shape index (κ1) is 14.6. The van der Waals surface area contributed by atoms with Crippen molar-refractivity contribution in [2.24, 2.45) is 0 Å². The molecular weight excluding hydrogens is 226 g/mol. The van der Waals surface area contributed by atoms with E-state index in [2.05, 4.69) is 57.5 Å². The molecule has 0 amide bonds. The van der Waals surface area contributed by atoms with Crippen molar-refractivity contribution >= 4 is 12.6 Å². The van der Waals surface area contributed by atoms with Gasteiger partial charge in [-0.25, -0.2) is 0 Å². The van der Waals surface area contributed by atoms with Crippen LogP contribution in [0.2, 0.25) is 0 Å². The second-order valence-corrected chi connectivity index (χ2v) is 5.44. The third-order valence-corrected chi connectivity index (χ3v) is 3.73. The second-order valence-electron chi connectivity index (χ2n) is 4.99. The lowest BCUT2D eigenvalue weighted by atomic mass is 9.99. The van der Waals surface area contributed by atoms with Crippen molar-refractivity contribution in [3.8, 4) is 0 Å². The van der Waals surface area contributed by atoms with Crippen molar-refractivity contribution in [1.82, 2.24) is 4.90 Å². The highest BCUT2D eigenvalue weighted by Gasteiger charge is 2.04. The molecule has 1 aromatic rings. The van der Waals surface area contributed by atoms with Crippen LogP contribution in [-0.2, 0) is 6.42 Å². The zero-order chi connectivity index (χ0) is 12.8. The van der Waals surface area contributed by atoms with E-state index in [0.29, 0.717) is 0 Å². The molecule has 17 heavy (non-hydrogen) atoms. The van der Waals surface area contributed by atoms with Gasteiger partial charge >= 0.3 is 0 Å². The standard InChI is InChI=1S/C15H25NS/c1-12-10-14(3)15(11-13(12)2)6-8-16(4)7-5-9-17/h10-11,17H,5-9H2,1-4H3. The summed E-state index contributed by atoms with van der Waals surface area (Å²) in [7, 11) is 2.19. The third kappa shape index (κ3) is 4.72. The Kier molecular flexibility index (Phi) is 6.07. The van der Waals surface area contributed by atoms with Crippen molar-refractivity contribution < 1.29 is 0 Å². The van der Waals surface area contributed by atoms with Crippen LogP contribution in [0.25, 0.3) is 0 Å². The first-order valence-electron chi connectivity index (χ1n) is 6.40. The van der Waals surface area contributed by atoms with Gasteiger partial charge in [-0.05, 0) is 75.2 Å². The lowest BCUT2D eigenvalue weighted by Gasteiger charge is -2.17. The summed E-state index contributed by atoms with van der Waals surface area (Å²) in [6, 6.07) is 4.65. The van der Waals surface area contributed by atoms with Gasteiger partial charge in [-0.1, -0.05) is 12.1 Å². The van der Waals surface area contributed by atoms with E-state index in [0.717, 1.165) is 25.3 Å². The second kappa shape index (κ2) is 7.07. The lowest BCUT2D eigenvalue weighted by molar-refractivity contribution is 0.340. The Balaban J connectivity index is 2.54. The molecule has 0 heterocycles. The number of benzene rings is 1. The van der Waals surface area contributed by atoms with Crippen LogP contribution in [-0.4, -0.2) is 30.8 Å². The smallest absolute Gasteiger partial charge is 0.00189 e. The first-order valence-corrected chi connectivity index (χ1v) is 7.04. The van der Waals surface area contributed by atoms with Gasteiger partial charge in [0.25, 0.3) is 0 Å². The SMILES string of the molecule is Cc1cc(C)c(CCN(C)CCCS)cc1C. The largest absolute Gasteiger partial charge is 0.306 e. The van der Waals surface area contributed by atoms with Crippen molar-refractivity contribution in [3.63, 3.8) is 0 Å². The third-order valence-electron chi connectivity index (χ3n) is 3.41. The quantitative estimate of drug-likeness (QED) is 0.758. The molecule has 0 N–H and O–H groups in total. The van der Waals surface area contributed by atoms with Crippen LogP contribution in [0.3, 0.4) is 0 Å². The summed E-state index contributed by atoms with van der Waals surface area (Å²) in [6.07, 6.45) is 2.32. The van der Waals surface area contributed by atoms with Gasteiger partial charge in [-0.15, -0.1) is 0 Å². The van der Waals surface area contributed by atoms with Gasteiger partial charge in [-0.3, -0.25) is 0 Å². The molecule has 0 aliphatic carbocycles. The van der Waals surface area contributed by atoms with Gasteiger partial charge in [-0.2, -0.15) is 12.6 Å². The number of likely N-dealkylation sites (N-methyl/N-ethyl adjacent to an activating group) is 1. The molecule has 0 saturated heterocycles. The summed E-state index contributed by atoms with van der Waals surface area (Å²) < 4.78 is 0. The fourth-order valence-corrected chi connectivity index (χ4v) is 2.19. The topological polar surface area (TPSA) is 3.24 Å². The number of aryl methyl sites for hydroxylation is 3. The molecule has 0 aliphatic rings. The van der Waals surface area contributed by atoms with Crippen LogP contribution in [0.5, 0.6) is 0 Å². The Hall–Kier alpha value is -0.470. The minimum absolute atomic E-state index is 0.979. The summed E-state index contributed by atoms with van der Waals surface area (Å²) in [5, 5.41) is 0. The monoisotopic (exact) mass is 251 g/mol. The van der Waals surface area contributed by atoms with Gasteiger partial charge in [0.05, 0.1) is 0 Å². The Labute approximate surface area is 112 Å². The van der Waals surface area contributed by atoms with Gasteiger partial charge in [0, 0.05) is 6.54 Å². The van der Waals surface area contributed by atoms with Crippen molar-refractivity contribution in [1.29, 1.82) is 0 Å². The minimum atomic E-state index is 0.979. The van der Waals surface area contributed by atoms with E-state index in [-0.39, 0.29) is 0 Å². The zero-order valence-corrected chi connectivity index (χ0v) is 12.5. The molecule has 0 unspecified atom stereocenters. The molecule has 0 aliphatic heterocycles. The van der Waals surface area contributed by atoms with E-state index in [1.54, 1.807) is 0 Å². The average molecular weight is 251 g/mol. The van der Waals surface area contributed by atoms with Crippen LogP contribution in [0, 0.1) is 20.8 Å². The van der Waals surface area contributed by atoms with Crippen molar-refractivity contribution in [2.45, 2.75) is 33.6 Å². The Morgan fingerprint density at radius 3 is 2.29 bits per heavy atom. The lowest BCUT2D eigenvalue weighted by Crippen LogP contribution is -2.23. The van der Waals surface area contributed by atoms with Gasteiger partial charge in [0.15, 0.2) is 0 Å². The number of thiol groups is 1. The maximum Gasteiger partial charge on any atom is 0.00189 e. The minimum Gasteiger partial charge on any atom is -0.306 e. The molecule has 96 valence electrons. The number of hydrogen-bond donors (Lipinski definition) is 1. The summed E-state index contributed by atoms with van der Waals surface area (Å²) in [4.78, 5) is 2.39. The van der Waals surface area contributed by atoms with Gasteiger partial charge < -0.3 is 4.90 Å². The number of nitrogens with zero attached hydrogens (tertiary/aromatic N) is 1. The van der Waals surface area contributed by atoms with Gasteiger partial charge in [0.2, 0.25) is 0 Å².